The number of carboxylic acid groups (broad SMARTS) is 1. The maximum Gasteiger partial charge on any atom is 0.326 e. The summed E-state index contributed by atoms with van der Waals surface area (Å²) in [7, 11) is 0. The summed E-state index contributed by atoms with van der Waals surface area (Å²) in [6, 6.07) is -1.06. The summed E-state index contributed by atoms with van der Waals surface area (Å²) in [5.74, 6) is -1.88. The first kappa shape index (κ1) is 18.7. The van der Waals surface area contributed by atoms with Crippen molar-refractivity contribution in [2.24, 2.45) is 0 Å². The van der Waals surface area contributed by atoms with E-state index in [9.17, 15) is 24.3 Å². The third kappa shape index (κ3) is 3.89. The number of carboxylic acids is 1. The van der Waals surface area contributed by atoms with Gasteiger partial charge in [-0.25, -0.2) is 4.79 Å². The molecule has 0 fully saturated rings. The molecule has 0 saturated heterocycles. The van der Waals surface area contributed by atoms with Gasteiger partial charge in [0.15, 0.2) is 5.78 Å². The second kappa shape index (κ2) is 7.50. The zero-order valence-corrected chi connectivity index (χ0v) is 14.6. The molecule has 1 aliphatic rings. The van der Waals surface area contributed by atoms with Gasteiger partial charge in [-0.1, -0.05) is 0 Å². The lowest BCUT2D eigenvalue weighted by molar-refractivity contribution is -0.141. The molecule has 0 radical (unpaired) electrons. The quantitative estimate of drug-likeness (QED) is 0.705. The highest BCUT2D eigenvalue weighted by Gasteiger charge is 2.32. The zero-order valence-electron chi connectivity index (χ0n) is 14.6. The fourth-order valence-electron chi connectivity index (χ4n) is 3.09. The van der Waals surface area contributed by atoms with Crippen LogP contribution in [0.15, 0.2) is 0 Å². The predicted octanol–water partition coefficient (Wildman–Crippen LogP) is 0.894. The first-order valence-corrected chi connectivity index (χ1v) is 8.26. The molecule has 8 heteroatoms. The zero-order chi connectivity index (χ0) is 18.7. The number of Topliss-reactive ketones (excluding diaryl/α,β-unsaturated/α-hetero) is 1. The van der Waals surface area contributed by atoms with Crippen LogP contribution in [0.2, 0.25) is 0 Å². The molecule has 0 aliphatic heterocycles. The summed E-state index contributed by atoms with van der Waals surface area (Å²) < 4.78 is 0. The largest absolute Gasteiger partial charge is 0.480 e. The molecule has 8 nitrogen and oxygen atoms in total. The highest BCUT2D eigenvalue weighted by Crippen LogP contribution is 2.27. The van der Waals surface area contributed by atoms with Gasteiger partial charge in [-0.3, -0.25) is 14.4 Å². The summed E-state index contributed by atoms with van der Waals surface area (Å²) in [6.45, 7) is 4.67. The summed E-state index contributed by atoms with van der Waals surface area (Å²) in [5.41, 5.74) is 2.10. The van der Waals surface area contributed by atoms with Gasteiger partial charge >= 0.3 is 5.97 Å². The molecule has 1 aromatic rings. The van der Waals surface area contributed by atoms with Gasteiger partial charge in [0, 0.05) is 37.7 Å². The molecule has 2 rings (SSSR count). The van der Waals surface area contributed by atoms with E-state index in [1.807, 2.05) is 0 Å². The van der Waals surface area contributed by atoms with E-state index in [4.69, 9.17) is 0 Å². The van der Waals surface area contributed by atoms with Crippen LogP contribution in [0.1, 0.15) is 58.8 Å². The number of nitrogens with zero attached hydrogens (tertiary/aromatic N) is 1. The van der Waals surface area contributed by atoms with E-state index in [2.05, 4.69) is 10.3 Å². The Bertz CT molecular complexity index is 722. The summed E-state index contributed by atoms with van der Waals surface area (Å²) >= 11 is 0. The lowest BCUT2D eigenvalue weighted by Gasteiger charge is -2.26. The predicted molar refractivity (Wildman–Crippen MR) is 89.6 cm³/mol. The third-order valence-corrected chi connectivity index (χ3v) is 4.46. The van der Waals surface area contributed by atoms with E-state index in [-0.39, 0.29) is 30.5 Å². The van der Waals surface area contributed by atoms with Gasteiger partial charge in [-0.05, 0) is 32.3 Å². The second-order valence-corrected chi connectivity index (χ2v) is 6.25. The molecule has 1 atom stereocenters. The molecular weight excluding hydrogens is 326 g/mol. The Morgan fingerprint density at radius 2 is 2.00 bits per heavy atom. The van der Waals surface area contributed by atoms with Gasteiger partial charge in [-0.15, -0.1) is 0 Å². The van der Waals surface area contributed by atoms with Gasteiger partial charge in [0.1, 0.15) is 11.7 Å². The molecule has 0 saturated carbocycles. The van der Waals surface area contributed by atoms with Crippen molar-refractivity contribution in [2.45, 2.75) is 46.1 Å². The SMILES string of the molecule is CC(=O)NCCN(C(=O)c1[nH]c2c(c1C)C(=O)CCC2)C(C)C(=O)O. The first-order chi connectivity index (χ1) is 11.7. The Hall–Kier alpha value is -2.64. The minimum absolute atomic E-state index is 0.00475. The van der Waals surface area contributed by atoms with E-state index in [1.54, 1.807) is 6.92 Å². The number of rotatable bonds is 6. The number of aryl methyl sites for hydroxylation is 1. The summed E-state index contributed by atoms with van der Waals surface area (Å²) in [4.78, 5) is 51.6. The average molecular weight is 349 g/mol. The fourth-order valence-corrected chi connectivity index (χ4v) is 3.09. The number of aromatic nitrogens is 1. The molecule has 0 bridgehead atoms. The van der Waals surface area contributed by atoms with Gasteiger partial charge in [0.2, 0.25) is 5.91 Å². The number of aromatic amines is 1. The number of H-pyrrole nitrogens is 1. The van der Waals surface area contributed by atoms with Gasteiger partial charge < -0.3 is 20.3 Å². The van der Waals surface area contributed by atoms with Crippen molar-refractivity contribution in [3.05, 3.63) is 22.5 Å². The van der Waals surface area contributed by atoms with E-state index in [0.717, 1.165) is 12.1 Å². The van der Waals surface area contributed by atoms with Crippen molar-refractivity contribution in [1.29, 1.82) is 0 Å². The van der Waals surface area contributed by atoms with Crippen LogP contribution in [0, 0.1) is 6.92 Å². The lowest BCUT2D eigenvalue weighted by atomic mass is 9.93. The van der Waals surface area contributed by atoms with Crippen molar-refractivity contribution >= 4 is 23.6 Å². The average Bonchev–Trinajstić information content (AvgIpc) is 2.88. The van der Waals surface area contributed by atoms with Crippen LogP contribution < -0.4 is 5.32 Å². The smallest absolute Gasteiger partial charge is 0.326 e. The summed E-state index contributed by atoms with van der Waals surface area (Å²) in [5, 5.41) is 11.8. The monoisotopic (exact) mass is 349 g/mol. The molecule has 0 spiro atoms. The van der Waals surface area contributed by atoms with Crippen molar-refractivity contribution in [3.8, 4) is 0 Å². The third-order valence-electron chi connectivity index (χ3n) is 4.46. The minimum Gasteiger partial charge on any atom is -0.480 e. The maximum atomic E-state index is 12.9. The molecule has 1 aromatic heterocycles. The number of aliphatic carboxylic acids is 1. The molecule has 1 aliphatic carbocycles. The Labute approximate surface area is 145 Å². The first-order valence-electron chi connectivity index (χ1n) is 8.26. The number of hydrogen-bond donors (Lipinski definition) is 3. The molecular formula is C17H23N3O5. The highest BCUT2D eigenvalue weighted by atomic mass is 16.4. The van der Waals surface area contributed by atoms with Gasteiger partial charge in [-0.2, -0.15) is 0 Å². The second-order valence-electron chi connectivity index (χ2n) is 6.25. The molecule has 0 aromatic carbocycles. The number of amides is 2. The van der Waals surface area contributed by atoms with Crippen molar-refractivity contribution in [1.82, 2.24) is 15.2 Å². The molecule has 1 heterocycles. The van der Waals surface area contributed by atoms with Crippen LogP contribution in [-0.2, 0) is 16.0 Å². The molecule has 3 N–H and O–H groups in total. The molecule has 2 amide bonds. The van der Waals surface area contributed by atoms with E-state index in [0.29, 0.717) is 24.0 Å². The van der Waals surface area contributed by atoms with Crippen LogP contribution >= 0.6 is 0 Å². The van der Waals surface area contributed by atoms with Crippen LogP contribution in [0.5, 0.6) is 0 Å². The Morgan fingerprint density at radius 1 is 1.32 bits per heavy atom. The number of nitrogens with one attached hydrogen (secondary N) is 2. The number of carbonyl (C=O) groups is 4. The summed E-state index contributed by atoms with van der Waals surface area (Å²) in [6.07, 6.45) is 1.88. The molecule has 25 heavy (non-hydrogen) atoms. The van der Waals surface area contributed by atoms with E-state index in [1.165, 1.54) is 18.7 Å². The Kier molecular flexibility index (Phi) is 5.61. The molecule has 136 valence electrons. The number of hydrogen-bond acceptors (Lipinski definition) is 4. The van der Waals surface area contributed by atoms with Crippen LogP contribution in [0.4, 0.5) is 0 Å². The van der Waals surface area contributed by atoms with E-state index >= 15 is 0 Å². The number of fused-ring (bicyclic) bond motifs is 1. The van der Waals surface area contributed by atoms with E-state index < -0.39 is 17.9 Å². The fraction of sp³-hybridized carbons (Fsp3) is 0.529. The Morgan fingerprint density at radius 3 is 2.56 bits per heavy atom. The lowest BCUT2D eigenvalue weighted by Crippen LogP contribution is -2.47. The number of ketones is 1. The highest BCUT2D eigenvalue weighted by molar-refractivity contribution is 6.04. The van der Waals surface area contributed by atoms with Crippen LogP contribution in [0.25, 0.3) is 0 Å². The molecule has 1 unspecified atom stereocenters. The van der Waals surface area contributed by atoms with Crippen molar-refractivity contribution in [3.63, 3.8) is 0 Å². The van der Waals surface area contributed by atoms with Gasteiger partial charge in [0.25, 0.3) is 5.91 Å². The topological polar surface area (TPSA) is 120 Å². The standard InChI is InChI=1S/C17H23N3O5/c1-9-14-12(5-4-6-13(14)22)19-15(9)16(23)20(10(2)17(24)25)8-7-18-11(3)21/h10,19H,4-8H2,1-3H3,(H,18,21)(H,24,25). The van der Waals surface area contributed by atoms with Crippen LogP contribution in [0.3, 0.4) is 0 Å². The number of carbonyl (C=O) groups excluding carboxylic acids is 3. The van der Waals surface area contributed by atoms with Crippen molar-refractivity contribution < 1.29 is 24.3 Å². The van der Waals surface area contributed by atoms with Crippen molar-refractivity contribution in [2.75, 3.05) is 13.1 Å². The van der Waals surface area contributed by atoms with Crippen LogP contribution in [-0.4, -0.2) is 57.7 Å². The maximum absolute atomic E-state index is 12.9. The normalized spacial score (nSPS) is 14.6. The Balaban J connectivity index is 2.31. The van der Waals surface area contributed by atoms with Gasteiger partial charge in [0.05, 0.1) is 0 Å². The minimum atomic E-state index is -1.14.